The monoisotopic (exact) mass is 436 g/mol. The van der Waals surface area contributed by atoms with E-state index in [-0.39, 0.29) is 17.5 Å². The first-order valence-electron chi connectivity index (χ1n) is 10.3. The summed E-state index contributed by atoms with van der Waals surface area (Å²) in [6, 6.07) is 18.7. The van der Waals surface area contributed by atoms with Crippen LogP contribution in [-0.4, -0.2) is 23.3 Å². The van der Waals surface area contributed by atoms with Crippen LogP contribution in [0.4, 0.5) is 18.9 Å². The number of hydrogen-bond acceptors (Lipinski definition) is 2. The molecule has 0 aliphatic carbocycles. The van der Waals surface area contributed by atoms with Crippen molar-refractivity contribution in [2.24, 2.45) is 0 Å². The number of alkyl halides is 3. The molecule has 3 aromatic carbocycles. The van der Waals surface area contributed by atoms with Gasteiger partial charge < -0.3 is 10.2 Å². The number of anilines is 1. The van der Waals surface area contributed by atoms with Crippen molar-refractivity contribution in [3.05, 3.63) is 101 Å². The number of fused-ring (bicyclic) bond motifs is 4. The Morgan fingerprint density at radius 3 is 2.28 bits per heavy atom. The van der Waals surface area contributed by atoms with Crippen LogP contribution in [0.3, 0.4) is 0 Å². The normalized spacial score (nSPS) is 19.6. The van der Waals surface area contributed by atoms with Crippen LogP contribution in [0.15, 0.2) is 72.8 Å². The van der Waals surface area contributed by atoms with Crippen molar-refractivity contribution in [2.75, 3.05) is 11.9 Å². The molecule has 162 valence electrons. The standard InChI is InChI=1S/C25H19F3N2O2/c26-25(27,28)16-9-11-17(12-10-16)29-23(31)21-19-7-3-4-8-20(19)24(32)30-14-13-15-5-1-2-6-18(15)22(21)30/h1-12,21-22H,13-14H2,(H,29,31). The molecule has 0 bridgehead atoms. The Kier molecular flexibility index (Phi) is 4.77. The van der Waals surface area contributed by atoms with Gasteiger partial charge in [0.15, 0.2) is 0 Å². The summed E-state index contributed by atoms with van der Waals surface area (Å²) >= 11 is 0. The Labute approximate surface area is 182 Å². The number of benzene rings is 3. The Hall–Kier alpha value is -3.61. The molecule has 0 saturated heterocycles. The topological polar surface area (TPSA) is 49.4 Å². The minimum atomic E-state index is -4.45. The zero-order valence-electron chi connectivity index (χ0n) is 16.9. The smallest absolute Gasteiger partial charge is 0.330 e. The maximum Gasteiger partial charge on any atom is 0.416 e. The lowest BCUT2D eigenvalue weighted by atomic mass is 9.76. The highest BCUT2D eigenvalue weighted by molar-refractivity contribution is 6.04. The molecular weight excluding hydrogens is 417 g/mol. The quantitative estimate of drug-likeness (QED) is 0.602. The molecule has 2 heterocycles. The van der Waals surface area contributed by atoms with Crippen LogP contribution >= 0.6 is 0 Å². The van der Waals surface area contributed by atoms with Crippen molar-refractivity contribution in [1.29, 1.82) is 0 Å². The van der Waals surface area contributed by atoms with E-state index < -0.39 is 23.7 Å². The van der Waals surface area contributed by atoms with Crippen molar-refractivity contribution in [3.63, 3.8) is 0 Å². The third-order valence-corrected chi connectivity index (χ3v) is 6.20. The van der Waals surface area contributed by atoms with Gasteiger partial charge in [0.25, 0.3) is 5.91 Å². The molecule has 0 spiro atoms. The molecule has 7 heteroatoms. The van der Waals surface area contributed by atoms with Crippen molar-refractivity contribution >= 4 is 17.5 Å². The molecule has 2 aliphatic rings. The number of halogens is 3. The Morgan fingerprint density at radius 1 is 0.906 bits per heavy atom. The lowest BCUT2D eigenvalue weighted by Gasteiger charge is -2.45. The summed E-state index contributed by atoms with van der Waals surface area (Å²) in [5, 5.41) is 2.77. The molecular formula is C25H19F3N2O2. The average Bonchev–Trinajstić information content (AvgIpc) is 2.79. The summed E-state index contributed by atoms with van der Waals surface area (Å²) in [6.45, 7) is 0.499. The Bertz CT molecular complexity index is 1200. The van der Waals surface area contributed by atoms with Crippen LogP contribution in [0.1, 0.15) is 44.6 Å². The number of nitrogens with zero attached hydrogens (tertiary/aromatic N) is 1. The van der Waals surface area contributed by atoms with E-state index in [1.807, 2.05) is 24.3 Å². The molecule has 5 rings (SSSR count). The Balaban J connectivity index is 1.55. The molecule has 1 N–H and O–H groups in total. The van der Waals surface area contributed by atoms with Gasteiger partial charge in [-0.3, -0.25) is 9.59 Å². The van der Waals surface area contributed by atoms with Gasteiger partial charge in [-0.15, -0.1) is 0 Å². The van der Waals surface area contributed by atoms with Gasteiger partial charge >= 0.3 is 6.18 Å². The summed E-state index contributed by atoms with van der Waals surface area (Å²) in [5.74, 6) is -1.16. The van der Waals surface area contributed by atoms with Gasteiger partial charge in [0.05, 0.1) is 17.5 Å². The van der Waals surface area contributed by atoms with E-state index in [1.54, 1.807) is 29.2 Å². The highest BCUT2D eigenvalue weighted by Crippen LogP contribution is 2.46. The van der Waals surface area contributed by atoms with Crippen LogP contribution in [-0.2, 0) is 17.4 Å². The SMILES string of the molecule is O=C(Nc1ccc(C(F)(F)F)cc1)C1c2ccccc2C(=O)N2CCc3ccccc3C12. The molecule has 4 nitrogen and oxygen atoms in total. The first-order valence-corrected chi connectivity index (χ1v) is 10.3. The lowest BCUT2D eigenvalue weighted by molar-refractivity contribution is -0.137. The number of carbonyl (C=O) groups is 2. The van der Waals surface area contributed by atoms with Crippen molar-refractivity contribution in [1.82, 2.24) is 4.90 Å². The van der Waals surface area contributed by atoms with Crippen molar-refractivity contribution in [3.8, 4) is 0 Å². The van der Waals surface area contributed by atoms with E-state index >= 15 is 0 Å². The summed E-state index contributed by atoms with van der Waals surface area (Å²) < 4.78 is 38.6. The van der Waals surface area contributed by atoms with Crippen LogP contribution in [0.2, 0.25) is 0 Å². The highest BCUT2D eigenvalue weighted by Gasteiger charge is 2.46. The molecule has 0 radical (unpaired) electrons. The summed E-state index contributed by atoms with van der Waals surface area (Å²) in [7, 11) is 0. The second-order valence-corrected chi connectivity index (χ2v) is 8.02. The third-order valence-electron chi connectivity index (χ3n) is 6.20. The number of carbonyl (C=O) groups excluding carboxylic acids is 2. The largest absolute Gasteiger partial charge is 0.416 e. The highest BCUT2D eigenvalue weighted by atomic mass is 19.4. The van der Waals surface area contributed by atoms with Gasteiger partial charge in [-0.25, -0.2) is 0 Å². The predicted octanol–water partition coefficient (Wildman–Crippen LogP) is 5.18. The molecule has 32 heavy (non-hydrogen) atoms. The van der Waals surface area contributed by atoms with Crippen LogP contribution < -0.4 is 5.32 Å². The van der Waals surface area contributed by atoms with Crippen molar-refractivity contribution < 1.29 is 22.8 Å². The first-order chi connectivity index (χ1) is 15.3. The second kappa shape index (κ2) is 7.51. The number of nitrogens with one attached hydrogen (secondary N) is 1. The summed E-state index contributed by atoms with van der Waals surface area (Å²) in [6.07, 6.45) is -3.74. The van der Waals surface area contributed by atoms with E-state index in [4.69, 9.17) is 0 Å². The molecule has 2 unspecified atom stereocenters. The summed E-state index contributed by atoms with van der Waals surface area (Å²) in [5.41, 5.74) is 2.61. The second-order valence-electron chi connectivity index (χ2n) is 8.02. The molecule has 0 aromatic heterocycles. The van der Waals surface area contributed by atoms with E-state index in [2.05, 4.69) is 5.32 Å². The third kappa shape index (κ3) is 3.34. The van der Waals surface area contributed by atoms with Gasteiger partial charge in [0.2, 0.25) is 5.91 Å². The van der Waals surface area contributed by atoms with E-state index in [0.717, 1.165) is 23.3 Å². The van der Waals surface area contributed by atoms with E-state index in [1.165, 1.54) is 12.1 Å². The van der Waals surface area contributed by atoms with Gasteiger partial charge in [-0.1, -0.05) is 42.5 Å². The van der Waals surface area contributed by atoms with Crippen molar-refractivity contribution in [2.45, 2.75) is 24.6 Å². The maximum absolute atomic E-state index is 13.5. The fourth-order valence-corrected chi connectivity index (χ4v) is 4.72. The molecule has 2 aliphatic heterocycles. The lowest BCUT2D eigenvalue weighted by Crippen LogP contribution is -2.49. The van der Waals surface area contributed by atoms with Crippen LogP contribution in [0.5, 0.6) is 0 Å². The minimum Gasteiger partial charge on any atom is -0.330 e. The number of amides is 2. The van der Waals surface area contributed by atoms with Crippen LogP contribution in [0, 0.1) is 0 Å². The van der Waals surface area contributed by atoms with Crippen LogP contribution in [0.25, 0.3) is 0 Å². The molecule has 0 fully saturated rings. The molecule has 2 amide bonds. The molecule has 3 aromatic rings. The maximum atomic E-state index is 13.5. The van der Waals surface area contributed by atoms with Gasteiger partial charge in [0, 0.05) is 17.8 Å². The fourth-order valence-electron chi connectivity index (χ4n) is 4.72. The first kappa shape index (κ1) is 20.3. The van der Waals surface area contributed by atoms with Gasteiger partial charge in [-0.2, -0.15) is 13.2 Å². The zero-order valence-corrected chi connectivity index (χ0v) is 16.9. The number of hydrogen-bond donors (Lipinski definition) is 1. The number of rotatable bonds is 2. The molecule has 2 atom stereocenters. The average molecular weight is 436 g/mol. The van der Waals surface area contributed by atoms with E-state index in [9.17, 15) is 22.8 Å². The summed E-state index contributed by atoms with van der Waals surface area (Å²) in [4.78, 5) is 28.5. The predicted molar refractivity (Wildman–Crippen MR) is 113 cm³/mol. The molecule has 0 saturated carbocycles. The fraction of sp³-hybridized carbons (Fsp3) is 0.200. The van der Waals surface area contributed by atoms with Gasteiger partial charge in [0.1, 0.15) is 0 Å². The van der Waals surface area contributed by atoms with Gasteiger partial charge in [-0.05, 0) is 53.4 Å². The van der Waals surface area contributed by atoms with E-state index in [0.29, 0.717) is 24.1 Å². The minimum absolute atomic E-state index is 0.112. The Morgan fingerprint density at radius 2 is 1.56 bits per heavy atom. The zero-order chi connectivity index (χ0) is 22.5.